The molecule has 7 nitrogen and oxygen atoms in total. The molecule has 2 aromatic rings. The standard InChI is InChI=1S/C23H25N3O4S/c1-23(2,3)19-10-8-17(9-11-19)21(27)22(28)25-12-14-26(15-13-25)31(29,30)20-7-5-4-6-18(20)16-24/h4-11H,12-15H2,1-3H3. The number of hydrogen-bond donors (Lipinski definition) is 0. The summed E-state index contributed by atoms with van der Waals surface area (Å²) in [7, 11) is -3.86. The molecule has 1 fully saturated rings. The fourth-order valence-corrected chi connectivity index (χ4v) is 5.01. The van der Waals surface area contributed by atoms with Crippen LogP contribution in [-0.2, 0) is 20.2 Å². The highest BCUT2D eigenvalue weighted by Gasteiger charge is 2.33. The summed E-state index contributed by atoms with van der Waals surface area (Å²) in [6.45, 7) is 6.54. The van der Waals surface area contributed by atoms with E-state index in [0.29, 0.717) is 5.56 Å². The van der Waals surface area contributed by atoms with Gasteiger partial charge in [0.05, 0.1) is 10.5 Å². The molecule has 0 spiro atoms. The van der Waals surface area contributed by atoms with Crippen molar-refractivity contribution < 1.29 is 18.0 Å². The first kappa shape index (κ1) is 22.7. The minimum atomic E-state index is -3.86. The lowest BCUT2D eigenvalue weighted by Gasteiger charge is -2.33. The fraction of sp³-hybridized carbons (Fsp3) is 0.348. The summed E-state index contributed by atoms with van der Waals surface area (Å²) in [6, 6.07) is 14.9. The summed E-state index contributed by atoms with van der Waals surface area (Å²) < 4.78 is 27.1. The number of carbonyl (C=O) groups excluding carboxylic acids is 2. The monoisotopic (exact) mass is 439 g/mol. The Morgan fingerprint density at radius 3 is 2.06 bits per heavy atom. The third-order valence-electron chi connectivity index (χ3n) is 5.36. The molecule has 1 heterocycles. The van der Waals surface area contributed by atoms with E-state index in [1.807, 2.05) is 18.2 Å². The lowest BCUT2D eigenvalue weighted by molar-refractivity contribution is -0.127. The van der Waals surface area contributed by atoms with Crippen LogP contribution in [-0.4, -0.2) is 55.5 Å². The molecule has 2 aromatic carbocycles. The third kappa shape index (κ3) is 4.68. The minimum absolute atomic E-state index is 0.0488. The SMILES string of the molecule is CC(C)(C)c1ccc(C(=O)C(=O)N2CCN(S(=O)(=O)c3ccccc3C#N)CC2)cc1. The van der Waals surface area contributed by atoms with Crippen LogP contribution in [0, 0.1) is 11.3 Å². The number of Topliss-reactive ketones (excluding diaryl/α,β-unsaturated/α-hetero) is 1. The largest absolute Gasteiger partial charge is 0.333 e. The Hall–Kier alpha value is -3.02. The number of nitriles is 1. The zero-order valence-corrected chi connectivity index (χ0v) is 18.6. The van der Waals surface area contributed by atoms with Gasteiger partial charge in [0.15, 0.2) is 0 Å². The van der Waals surface area contributed by atoms with E-state index in [2.05, 4.69) is 20.8 Å². The van der Waals surface area contributed by atoms with Gasteiger partial charge in [-0.1, -0.05) is 57.2 Å². The zero-order valence-electron chi connectivity index (χ0n) is 17.8. The van der Waals surface area contributed by atoms with Gasteiger partial charge in [0.1, 0.15) is 6.07 Å². The molecule has 1 aliphatic rings. The Bertz CT molecular complexity index is 1130. The minimum Gasteiger partial charge on any atom is -0.333 e. The first-order valence-corrected chi connectivity index (χ1v) is 11.4. The quantitative estimate of drug-likeness (QED) is 0.539. The Labute approximate surface area is 182 Å². The Kier molecular flexibility index (Phi) is 6.30. The second kappa shape index (κ2) is 8.61. The van der Waals surface area contributed by atoms with Crippen molar-refractivity contribution in [1.82, 2.24) is 9.21 Å². The van der Waals surface area contributed by atoms with Crippen molar-refractivity contribution in [2.45, 2.75) is 31.1 Å². The van der Waals surface area contributed by atoms with Crippen LogP contribution in [0.2, 0.25) is 0 Å². The summed E-state index contributed by atoms with van der Waals surface area (Å²) in [6.07, 6.45) is 0. The molecule has 0 aliphatic carbocycles. The normalized spacial score (nSPS) is 15.4. The molecule has 3 rings (SSSR count). The van der Waals surface area contributed by atoms with Crippen molar-refractivity contribution in [3.8, 4) is 6.07 Å². The van der Waals surface area contributed by atoms with Crippen molar-refractivity contribution >= 4 is 21.7 Å². The second-order valence-electron chi connectivity index (χ2n) is 8.46. The van der Waals surface area contributed by atoms with Gasteiger partial charge in [-0.3, -0.25) is 9.59 Å². The van der Waals surface area contributed by atoms with Crippen LogP contribution in [0.1, 0.15) is 42.3 Å². The molecule has 0 saturated carbocycles. The van der Waals surface area contributed by atoms with Crippen molar-refractivity contribution in [3.05, 3.63) is 65.2 Å². The van der Waals surface area contributed by atoms with Crippen LogP contribution < -0.4 is 0 Å². The predicted octanol–water partition coefficient (Wildman–Crippen LogP) is 2.57. The summed E-state index contributed by atoms with van der Waals surface area (Å²) in [4.78, 5) is 26.6. The number of benzene rings is 2. The van der Waals surface area contributed by atoms with E-state index in [4.69, 9.17) is 0 Å². The molecule has 1 saturated heterocycles. The van der Waals surface area contributed by atoms with Crippen LogP contribution in [0.5, 0.6) is 0 Å². The molecule has 0 unspecified atom stereocenters. The number of amides is 1. The maximum atomic E-state index is 12.9. The average molecular weight is 440 g/mol. The van der Waals surface area contributed by atoms with E-state index >= 15 is 0 Å². The Balaban J connectivity index is 1.68. The molecule has 8 heteroatoms. The summed E-state index contributed by atoms with van der Waals surface area (Å²) in [5.41, 5.74) is 1.40. The number of piperazine rings is 1. The molecule has 0 N–H and O–H groups in total. The van der Waals surface area contributed by atoms with Gasteiger partial charge < -0.3 is 4.90 Å². The third-order valence-corrected chi connectivity index (χ3v) is 7.32. The van der Waals surface area contributed by atoms with Gasteiger partial charge in [-0.25, -0.2) is 8.42 Å². The maximum absolute atomic E-state index is 12.9. The predicted molar refractivity (Wildman–Crippen MR) is 116 cm³/mol. The number of rotatable bonds is 4. The summed E-state index contributed by atoms with van der Waals surface area (Å²) >= 11 is 0. The number of hydrogen-bond acceptors (Lipinski definition) is 5. The lowest BCUT2D eigenvalue weighted by Crippen LogP contribution is -2.52. The maximum Gasteiger partial charge on any atom is 0.295 e. The van der Waals surface area contributed by atoms with Crippen molar-refractivity contribution in [2.75, 3.05) is 26.2 Å². The van der Waals surface area contributed by atoms with Crippen LogP contribution in [0.15, 0.2) is 53.4 Å². The molecule has 0 bridgehead atoms. The molecule has 0 aromatic heterocycles. The van der Waals surface area contributed by atoms with Crippen molar-refractivity contribution in [1.29, 1.82) is 5.26 Å². The average Bonchev–Trinajstić information content (AvgIpc) is 2.77. The smallest absolute Gasteiger partial charge is 0.295 e. The molecule has 162 valence electrons. The van der Waals surface area contributed by atoms with Gasteiger partial charge in [0.25, 0.3) is 5.91 Å². The van der Waals surface area contributed by atoms with E-state index in [1.54, 1.807) is 24.3 Å². The Morgan fingerprint density at radius 2 is 1.52 bits per heavy atom. The van der Waals surface area contributed by atoms with Crippen LogP contribution in [0.25, 0.3) is 0 Å². The highest BCUT2D eigenvalue weighted by molar-refractivity contribution is 7.89. The molecule has 31 heavy (non-hydrogen) atoms. The number of nitrogens with zero attached hydrogens (tertiary/aromatic N) is 3. The highest BCUT2D eigenvalue weighted by atomic mass is 32.2. The first-order valence-electron chi connectivity index (χ1n) is 9.99. The van der Waals surface area contributed by atoms with E-state index in [0.717, 1.165) is 5.56 Å². The van der Waals surface area contributed by atoms with Crippen LogP contribution in [0.3, 0.4) is 0 Å². The van der Waals surface area contributed by atoms with Crippen LogP contribution in [0.4, 0.5) is 0 Å². The van der Waals surface area contributed by atoms with Gasteiger partial charge in [0, 0.05) is 31.7 Å². The number of carbonyl (C=O) groups is 2. The van der Waals surface area contributed by atoms with Gasteiger partial charge in [-0.15, -0.1) is 0 Å². The van der Waals surface area contributed by atoms with Gasteiger partial charge in [-0.05, 0) is 23.1 Å². The number of sulfonamides is 1. The van der Waals surface area contributed by atoms with Gasteiger partial charge in [0.2, 0.25) is 15.8 Å². The molecule has 0 radical (unpaired) electrons. The van der Waals surface area contributed by atoms with Crippen molar-refractivity contribution in [2.24, 2.45) is 0 Å². The molecular weight excluding hydrogens is 414 g/mol. The summed E-state index contributed by atoms with van der Waals surface area (Å²) in [5, 5.41) is 9.20. The number of ketones is 1. The molecular formula is C23H25N3O4S. The first-order chi connectivity index (χ1) is 14.6. The van der Waals surface area contributed by atoms with E-state index in [-0.39, 0.29) is 42.1 Å². The Morgan fingerprint density at radius 1 is 0.935 bits per heavy atom. The van der Waals surface area contributed by atoms with Gasteiger partial charge in [-0.2, -0.15) is 9.57 Å². The lowest BCUT2D eigenvalue weighted by atomic mass is 9.86. The fourth-order valence-electron chi connectivity index (χ4n) is 3.44. The molecule has 1 amide bonds. The second-order valence-corrected chi connectivity index (χ2v) is 10.4. The van der Waals surface area contributed by atoms with E-state index in [9.17, 15) is 23.3 Å². The zero-order chi connectivity index (χ0) is 22.8. The van der Waals surface area contributed by atoms with E-state index < -0.39 is 21.7 Å². The topological polar surface area (TPSA) is 98.6 Å². The van der Waals surface area contributed by atoms with Gasteiger partial charge >= 0.3 is 0 Å². The molecule has 1 aliphatic heterocycles. The molecule has 0 atom stereocenters. The highest BCUT2D eigenvalue weighted by Crippen LogP contribution is 2.23. The van der Waals surface area contributed by atoms with E-state index in [1.165, 1.54) is 21.3 Å². The van der Waals surface area contributed by atoms with Crippen LogP contribution >= 0.6 is 0 Å². The van der Waals surface area contributed by atoms with Crippen molar-refractivity contribution in [3.63, 3.8) is 0 Å². The summed E-state index contributed by atoms with van der Waals surface area (Å²) in [5.74, 6) is -1.25.